The molecule has 1 aromatic carbocycles. The lowest BCUT2D eigenvalue weighted by Crippen LogP contribution is -2.45. The highest BCUT2D eigenvalue weighted by atomic mass is 32.2. The molecule has 7 heteroatoms. The minimum absolute atomic E-state index is 0.0653. The number of aliphatic hydroxyl groups is 1. The van der Waals surface area contributed by atoms with Crippen LogP contribution in [-0.2, 0) is 16.0 Å². The Labute approximate surface area is 144 Å². The van der Waals surface area contributed by atoms with Crippen LogP contribution in [-0.4, -0.2) is 35.3 Å². The third-order valence-corrected chi connectivity index (χ3v) is 4.12. The maximum Gasteiger partial charge on any atom is 0.313 e. The number of carbonyl (C=O) groups excluding carboxylic acids is 2. The van der Waals surface area contributed by atoms with Gasteiger partial charge in [0.25, 0.3) is 0 Å². The number of benzene rings is 1. The quantitative estimate of drug-likeness (QED) is 0.549. The van der Waals surface area contributed by atoms with Crippen LogP contribution in [0, 0.1) is 0 Å². The highest BCUT2D eigenvalue weighted by molar-refractivity contribution is 7.98. The molecular formula is C17H20N2O4S. The maximum atomic E-state index is 12.0. The van der Waals surface area contributed by atoms with Crippen molar-refractivity contribution in [1.29, 1.82) is 0 Å². The zero-order valence-corrected chi connectivity index (χ0v) is 14.4. The lowest BCUT2D eigenvalue weighted by atomic mass is 10.0. The lowest BCUT2D eigenvalue weighted by molar-refractivity contribution is -0.136. The van der Waals surface area contributed by atoms with Gasteiger partial charge in [-0.2, -0.15) is 0 Å². The van der Waals surface area contributed by atoms with Gasteiger partial charge >= 0.3 is 11.8 Å². The van der Waals surface area contributed by atoms with E-state index in [9.17, 15) is 14.7 Å². The van der Waals surface area contributed by atoms with E-state index >= 15 is 0 Å². The molecule has 2 amide bonds. The summed E-state index contributed by atoms with van der Waals surface area (Å²) >= 11 is 1.47. The number of amides is 2. The zero-order chi connectivity index (χ0) is 17.6. The number of para-hydroxylation sites is 1. The van der Waals surface area contributed by atoms with E-state index in [0.717, 1.165) is 4.90 Å². The predicted molar refractivity (Wildman–Crippen MR) is 92.9 cm³/mol. The number of hydrogen-bond acceptors (Lipinski definition) is 5. The number of carbonyl (C=O) groups is 2. The Kier molecular flexibility index (Phi) is 6.05. The van der Waals surface area contributed by atoms with Crippen molar-refractivity contribution in [2.45, 2.75) is 23.8 Å². The third-order valence-electron chi connectivity index (χ3n) is 3.33. The Morgan fingerprint density at radius 3 is 2.62 bits per heavy atom. The molecule has 0 unspecified atom stereocenters. The van der Waals surface area contributed by atoms with Gasteiger partial charge in [-0.1, -0.05) is 12.1 Å². The van der Waals surface area contributed by atoms with Gasteiger partial charge in [-0.15, -0.1) is 11.8 Å². The zero-order valence-electron chi connectivity index (χ0n) is 13.5. The second-order valence-electron chi connectivity index (χ2n) is 5.59. The van der Waals surface area contributed by atoms with Gasteiger partial charge in [-0.05, 0) is 37.4 Å². The summed E-state index contributed by atoms with van der Waals surface area (Å²) in [6.45, 7) is 1.50. The molecule has 0 bridgehead atoms. The van der Waals surface area contributed by atoms with Gasteiger partial charge in [0, 0.05) is 17.9 Å². The lowest BCUT2D eigenvalue weighted by Gasteiger charge is -2.22. The number of furan rings is 1. The summed E-state index contributed by atoms with van der Waals surface area (Å²) in [6.07, 6.45) is 3.63. The van der Waals surface area contributed by atoms with Crippen LogP contribution in [0.5, 0.6) is 0 Å². The Morgan fingerprint density at radius 1 is 1.21 bits per heavy atom. The maximum absolute atomic E-state index is 12.0. The molecule has 1 heterocycles. The monoisotopic (exact) mass is 348 g/mol. The Hall–Kier alpha value is -2.25. The van der Waals surface area contributed by atoms with Crippen LogP contribution in [0.25, 0.3) is 0 Å². The molecule has 0 fully saturated rings. The van der Waals surface area contributed by atoms with Gasteiger partial charge < -0.3 is 20.2 Å². The van der Waals surface area contributed by atoms with Gasteiger partial charge in [-0.25, -0.2) is 0 Å². The molecule has 2 rings (SSSR count). The summed E-state index contributed by atoms with van der Waals surface area (Å²) in [6, 6.07) is 10.7. The summed E-state index contributed by atoms with van der Waals surface area (Å²) in [5.41, 5.74) is -0.641. The van der Waals surface area contributed by atoms with Crippen LogP contribution >= 0.6 is 11.8 Å². The predicted octanol–water partition coefficient (Wildman–Crippen LogP) is 2.05. The van der Waals surface area contributed by atoms with E-state index in [-0.39, 0.29) is 13.0 Å². The van der Waals surface area contributed by atoms with Gasteiger partial charge in [-0.3, -0.25) is 9.59 Å². The van der Waals surface area contributed by atoms with E-state index in [4.69, 9.17) is 4.42 Å². The Bertz CT molecular complexity index is 698. The molecule has 0 saturated heterocycles. The first-order valence-corrected chi connectivity index (χ1v) is 8.61. The van der Waals surface area contributed by atoms with Crippen LogP contribution < -0.4 is 10.6 Å². The number of rotatable bonds is 6. The molecule has 0 spiro atoms. The van der Waals surface area contributed by atoms with Crippen LogP contribution in [0.3, 0.4) is 0 Å². The van der Waals surface area contributed by atoms with Crippen LogP contribution in [0.15, 0.2) is 52.0 Å². The van der Waals surface area contributed by atoms with E-state index in [1.165, 1.54) is 18.0 Å². The van der Waals surface area contributed by atoms with Gasteiger partial charge in [0.2, 0.25) is 0 Å². The molecule has 0 aliphatic heterocycles. The fourth-order valence-corrected chi connectivity index (χ4v) is 2.68. The molecular weight excluding hydrogens is 328 g/mol. The minimum atomic E-state index is -1.22. The molecule has 3 N–H and O–H groups in total. The summed E-state index contributed by atoms with van der Waals surface area (Å²) in [5, 5.41) is 15.3. The standard InChI is InChI=1S/C17H20N2O4S/c1-17(22,10-12-6-5-9-23-12)11-18-15(20)16(21)19-13-7-3-4-8-14(13)24-2/h3-9,22H,10-11H2,1-2H3,(H,18,20)(H,19,21)/t17-/m0/s1. The largest absolute Gasteiger partial charge is 0.469 e. The fraction of sp³-hybridized carbons (Fsp3) is 0.294. The van der Waals surface area contributed by atoms with Gasteiger partial charge in [0.15, 0.2) is 0 Å². The summed E-state index contributed by atoms with van der Waals surface area (Å²) < 4.78 is 5.17. The number of hydrogen-bond donors (Lipinski definition) is 3. The molecule has 1 aromatic heterocycles. The number of nitrogens with one attached hydrogen (secondary N) is 2. The third kappa shape index (κ3) is 5.14. The highest BCUT2D eigenvalue weighted by Crippen LogP contribution is 2.24. The van der Waals surface area contributed by atoms with Crippen molar-refractivity contribution in [3.63, 3.8) is 0 Å². The number of thioether (sulfide) groups is 1. The molecule has 0 aliphatic carbocycles. The van der Waals surface area contributed by atoms with E-state index in [1.54, 1.807) is 31.2 Å². The van der Waals surface area contributed by atoms with Gasteiger partial charge in [0.05, 0.1) is 17.6 Å². The molecule has 24 heavy (non-hydrogen) atoms. The van der Waals surface area contributed by atoms with E-state index < -0.39 is 17.4 Å². The Morgan fingerprint density at radius 2 is 1.96 bits per heavy atom. The topological polar surface area (TPSA) is 91.6 Å². The first kappa shape index (κ1) is 18.1. The average Bonchev–Trinajstić information content (AvgIpc) is 3.05. The molecule has 6 nitrogen and oxygen atoms in total. The fourth-order valence-electron chi connectivity index (χ4n) is 2.13. The first-order chi connectivity index (χ1) is 11.4. The SMILES string of the molecule is CSc1ccccc1NC(=O)C(=O)NC[C@@](C)(O)Cc1ccco1. The van der Waals surface area contributed by atoms with Crippen LogP contribution in [0.1, 0.15) is 12.7 Å². The second-order valence-corrected chi connectivity index (χ2v) is 6.44. The van der Waals surface area contributed by atoms with Crippen molar-refractivity contribution < 1.29 is 19.1 Å². The van der Waals surface area contributed by atoms with E-state index in [2.05, 4.69) is 10.6 Å². The summed E-state index contributed by atoms with van der Waals surface area (Å²) in [4.78, 5) is 24.8. The van der Waals surface area contributed by atoms with Crippen molar-refractivity contribution in [2.75, 3.05) is 18.1 Å². The van der Waals surface area contributed by atoms with Crippen molar-refractivity contribution in [2.24, 2.45) is 0 Å². The normalized spacial score (nSPS) is 13.1. The van der Waals surface area contributed by atoms with Crippen molar-refractivity contribution in [3.05, 3.63) is 48.4 Å². The summed E-state index contributed by atoms with van der Waals surface area (Å²) in [7, 11) is 0. The minimum Gasteiger partial charge on any atom is -0.469 e. The molecule has 0 aliphatic rings. The van der Waals surface area contributed by atoms with E-state index in [1.807, 2.05) is 18.4 Å². The van der Waals surface area contributed by atoms with Crippen molar-refractivity contribution in [3.8, 4) is 0 Å². The second kappa shape index (κ2) is 8.03. The molecule has 1 atom stereocenters. The molecule has 0 saturated carbocycles. The highest BCUT2D eigenvalue weighted by Gasteiger charge is 2.25. The Balaban J connectivity index is 1.88. The number of anilines is 1. The smallest absolute Gasteiger partial charge is 0.313 e. The average molecular weight is 348 g/mol. The molecule has 128 valence electrons. The molecule has 2 aromatic rings. The van der Waals surface area contributed by atoms with Crippen LogP contribution in [0.4, 0.5) is 5.69 Å². The van der Waals surface area contributed by atoms with Crippen molar-refractivity contribution >= 4 is 29.3 Å². The molecule has 0 radical (unpaired) electrons. The van der Waals surface area contributed by atoms with Crippen molar-refractivity contribution in [1.82, 2.24) is 5.32 Å². The van der Waals surface area contributed by atoms with E-state index in [0.29, 0.717) is 11.4 Å². The first-order valence-electron chi connectivity index (χ1n) is 7.38. The van der Waals surface area contributed by atoms with Gasteiger partial charge in [0.1, 0.15) is 5.76 Å². The van der Waals surface area contributed by atoms with Crippen LogP contribution in [0.2, 0.25) is 0 Å². The summed E-state index contributed by atoms with van der Waals surface area (Å²) in [5.74, 6) is -0.969.